The second kappa shape index (κ2) is 7.38. The summed E-state index contributed by atoms with van der Waals surface area (Å²) in [6, 6.07) is 7.16. The van der Waals surface area contributed by atoms with Crippen molar-refractivity contribution in [3.63, 3.8) is 0 Å². The van der Waals surface area contributed by atoms with Crippen molar-refractivity contribution < 1.29 is 9.59 Å². The number of amides is 2. The fraction of sp³-hybridized carbons (Fsp3) is 0.389. The zero-order valence-electron chi connectivity index (χ0n) is 14.5. The van der Waals surface area contributed by atoms with E-state index in [1.807, 2.05) is 18.2 Å². The molecule has 1 fully saturated rings. The van der Waals surface area contributed by atoms with Gasteiger partial charge in [-0.1, -0.05) is 6.07 Å². The first-order valence-electron chi connectivity index (χ1n) is 8.48. The Labute approximate surface area is 147 Å². The second-order valence-electron chi connectivity index (χ2n) is 6.33. The first-order valence-corrected chi connectivity index (χ1v) is 8.48. The molecule has 1 atom stereocenters. The number of carbonyl (C=O) groups excluding carboxylic acids is 2. The Bertz CT molecular complexity index is 764. The van der Waals surface area contributed by atoms with Gasteiger partial charge in [0.05, 0.1) is 11.8 Å². The maximum absolute atomic E-state index is 12.4. The molecule has 1 aromatic heterocycles. The molecule has 0 unspecified atom stereocenters. The summed E-state index contributed by atoms with van der Waals surface area (Å²) in [6.45, 7) is 3.76. The van der Waals surface area contributed by atoms with Crippen molar-refractivity contribution in [1.82, 2.24) is 15.1 Å². The van der Waals surface area contributed by atoms with Crippen LogP contribution in [-0.4, -0.2) is 40.7 Å². The zero-order valence-corrected chi connectivity index (χ0v) is 14.5. The largest absolute Gasteiger partial charge is 0.371 e. The zero-order chi connectivity index (χ0) is 17.8. The summed E-state index contributed by atoms with van der Waals surface area (Å²) < 4.78 is 1.55. The van der Waals surface area contributed by atoms with Gasteiger partial charge in [0.2, 0.25) is 5.91 Å². The average Bonchev–Trinajstić information content (AvgIpc) is 3.26. The van der Waals surface area contributed by atoms with E-state index in [1.54, 1.807) is 24.9 Å². The minimum atomic E-state index is -0.650. The molecule has 2 aromatic rings. The van der Waals surface area contributed by atoms with Crippen LogP contribution in [-0.2, 0) is 11.8 Å². The van der Waals surface area contributed by atoms with Crippen molar-refractivity contribution in [2.75, 3.05) is 23.3 Å². The molecule has 2 amide bonds. The van der Waals surface area contributed by atoms with Gasteiger partial charge in [-0.15, -0.1) is 0 Å². The lowest BCUT2D eigenvalue weighted by molar-refractivity contribution is -0.117. The number of nitrogens with zero attached hydrogens (tertiary/aromatic N) is 3. The standard InChI is InChI=1S/C18H23N5O2/c1-13(20-18(25)14-11-19-22(2)12-14)17(24)21-15-6-5-7-16(10-15)23-8-3-4-9-23/h5-7,10-13H,3-4,8-9H2,1-2H3,(H,20,25)(H,21,24)/t13-/m0/s1. The first-order chi connectivity index (χ1) is 12.0. The molecule has 3 rings (SSSR count). The van der Waals surface area contributed by atoms with E-state index in [0.29, 0.717) is 5.56 Å². The molecule has 132 valence electrons. The number of rotatable bonds is 5. The molecule has 1 saturated heterocycles. The normalized spacial score (nSPS) is 15.0. The molecular weight excluding hydrogens is 318 g/mol. The van der Waals surface area contributed by atoms with Gasteiger partial charge in [-0.3, -0.25) is 14.3 Å². The smallest absolute Gasteiger partial charge is 0.255 e. The van der Waals surface area contributed by atoms with Crippen LogP contribution in [0.15, 0.2) is 36.7 Å². The Morgan fingerprint density at radius 2 is 2.00 bits per heavy atom. The summed E-state index contributed by atoms with van der Waals surface area (Å²) in [7, 11) is 1.74. The van der Waals surface area contributed by atoms with Crippen molar-refractivity contribution in [2.24, 2.45) is 7.05 Å². The van der Waals surface area contributed by atoms with Gasteiger partial charge in [-0.25, -0.2) is 0 Å². The van der Waals surface area contributed by atoms with Crippen LogP contribution in [0.5, 0.6) is 0 Å². The maximum Gasteiger partial charge on any atom is 0.255 e. The Balaban J connectivity index is 1.59. The summed E-state index contributed by atoms with van der Waals surface area (Å²) in [6.07, 6.45) is 5.49. The lowest BCUT2D eigenvalue weighted by atomic mass is 10.2. The highest BCUT2D eigenvalue weighted by Crippen LogP contribution is 2.23. The van der Waals surface area contributed by atoms with Crippen LogP contribution in [0.2, 0.25) is 0 Å². The summed E-state index contributed by atoms with van der Waals surface area (Å²) in [5, 5.41) is 9.51. The summed E-state index contributed by atoms with van der Waals surface area (Å²) >= 11 is 0. The molecule has 0 radical (unpaired) electrons. The van der Waals surface area contributed by atoms with Crippen molar-refractivity contribution in [3.8, 4) is 0 Å². The van der Waals surface area contributed by atoms with E-state index in [2.05, 4.69) is 26.7 Å². The third-order valence-electron chi connectivity index (χ3n) is 4.29. The number of aryl methyl sites for hydroxylation is 1. The predicted molar refractivity (Wildman–Crippen MR) is 96.7 cm³/mol. The van der Waals surface area contributed by atoms with Crippen LogP contribution >= 0.6 is 0 Å². The fourth-order valence-electron chi connectivity index (χ4n) is 2.89. The second-order valence-corrected chi connectivity index (χ2v) is 6.33. The minimum Gasteiger partial charge on any atom is -0.371 e. The first kappa shape index (κ1) is 17.0. The van der Waals surface area contributed by atoms with Gasteiger partial charge in [-0.05, 0) is 38.0 Å². The van der Waals surface area contributed by atoms with E-state index in [0.717, 1.165) is 24.5 Å². The van der Waals surface area contributed by atoms with E-state index < -0.39 is 6.04 Å². The monoisotopic (exact) mass is 341 g/mol. The Morgan fingerprint density at radius 1 is 1.24 bits per heavy atom. The summed E-state index contributed by atoms with van der Waals surface area (Å²) in [4.78, 5) is 26.8. The molecule has 0 saturated carbocycles. The number of carbonyl (C=O) groups is 2. The fourth-order valence-corrected chi connectivity index (χ4v) is 2.89. The Hall–Kier alpha value is -2.83. The summed E-state index contributed by atoms with van der Waals surface area (Å²) in [5.41, 5.74) is 2.28. The molecule has 2 N–H and O–H groups in total. The average molecular weight is 341 g/mol. The van der Waals surface area contributed by atoms with Crippen molar-refractivity contribution in [2.45, 2.75) is 25.8 Å². The molecule has 1 aliphatic rings. The van der Waals surface area contributed by atoms with Gasteiger partial charge in [-0.2, -0.15) is 5.10 Å². The highest BCUT2D eigenvalue weighted by molar-refractivity contribution is 6.00. The van der Waals surface area contributed by atoms with Gasteiger partial charge in [0.1, 0.15) is 6.04 Å². The number of benzene rings is 1. The molecule has 1 aliphatic heterocycles. The molecule has 0 spiro atoms. The van der Waals surface area contributed by atoms with E-state index in [4.69, 9.17) is 0 Å². The molecular formula is C18H23N5O2. The van der Waals surface area contributed by atoms with Crippen LogP contribution in [0.1, 0.15) is 30.1 Å². The number of hydrogen-bond donors (Lipinski definition) is 2. The molecule has 7 heteroatoms. The highest BCUT2D eigenvalue weighted by Gasteiger charge is 2.18. The Morgan fingerprint density at radius 3 is 2.68 bits per heavy atom. The van der Waals surface area contributed by atoms with Crippen LogP contribution in [0.4, 0.5) is 11.4 Å². The van der Waals surface area contributed by atoms with Crippen molar-refractivity contribution >= 4 is 23.2 Å². The van der Waals surface area contributed by atoms with Crippen molar-refractivity contribution in [3.05, 3.63) is 42.2 Å². The topological polar surface area (TPSA) is 79.3 Å². The predicted octanol–water partition coefficient (Wildman–Crippen LogP) is 1.78. The van der Waals surface area contributed by atoms with E-state index in [-0.39, 0.29) is 11.8 Å². The van der Waals surface area contributed by atoms with E-state index >= 15 is 0 Å². The third-order valence-corrected chi connectivity index (χ3v) is 4.29. The van der Waals surface area contributed by atoms with Crippen LogP contribution in [0.3, 0.4) is 0 Å². The van der Waals surface area contributed by atoms with E-state index in [1.165, 1.54) is 19.0 Å². The molecule has 0 aliphatic carbocycles. The van der Waals surface area contributed by atoms with E-state index in [9.17, 15) is 9.59 Å². The number of hydrogen-bond acceptors (Lipinski definition) is 4. The molecule has 2 heterocycles. The highest BCUT2D eigenvalue weighted by atomic mass is 16.2. The van der Waals surface area contributed by atoms with Crippen LogP contribution in [0, 0.1) is 0 Å². The van der Waals surface area contributed by atoms with Gasteiger partial charge >= 0.3 is 0 Å². The maximum atomic E-state index is 12.4. The van der Waals surface area contributed by atoms with Crippen LogP contribution < -0.4 is 15.5 Å². The van der Waals surface area contributed by atoms with Crippen LogP contribution in [0.25, 0.3) is 0 Å². The summed E-state index contributed by atoms with van der Waals surface area (Å²) in [5.74, 6) is -0.572. The molecule has 25 heavy (non-hydrogen) atoms. The molecule has 7 nitrogen and oxygen atoms in total. The Kier molecular flexibility index (Phi) is 5.02. The lowest BCUT2D eigenvalue weighted by Crippen LogP contribution is -2.41. The third kappa shape index (κ3) is 4.17. The van der Waals surface area contributed by atoms with Gasteiger partial charge < -0.3 is 15.5 Å². The van der Waals surface area contributed by atoms with Crippen molar-refractivity contribution in [1.29, 1.82) is 0 Å². The number of aromatic nitrogens is 2. The minimum absolute atomic E-state index is 0.254. The quantitative estimate of drug-likeness (QED) is 0.869. The molecule has 0 bridgehead atoms. The SMILES string of the molecule is C[C@H](NC(=O)c1cnn(C)c1)C(=O)Nc1cccc(N2CCCC2)c1. The number of nitrogens with one attached hydrogen (secondary N) is 2. The molecule has 1 aromatic carbocycles. The number of anilines is 2. The van der Waals surface area contributed by atoms with Gasteiger partial charge in [0.25, 0.3) is 5.91 Å². The lowest BCUT2D eigenvalue weighted by Gasteiger charge is -2.19. The van der Waals surface area contributed by atoms with Gasteiger partial charge in [0, 0.05) is 37.7 Å². The van der Waals surface area contributed by atoms with Gasteiger partial charge in [0.15, 0.2) is 0 Å².